The van der Waals surface area contributed by atoms with Gasteiger partial charge in [0.05, 0.1) is 18.0 Å². The second kappa shape index (κ2) is 8.10. The maximum absolute atomic E-state index is 13.3. The first kappa shape index (κ1) is 18.1. The van der Waals surface area contributed by atoms with Crippen LogP contribution < -0.4 is 4.31 Å². The molecule has 4 nitrogen and oxygen atoms in total. The molecule has 6 heteroatoms. The zero-order chi connectivity index (χ0) is 18.4. The summed E-state index contributed by atoms with van der Waals surface area (Å²) < 4.78 is 40.6. The molecule has 3 rings (SSSR count). The van der Waals surface area contributed by atoms with Crippen LogP contribution in [0.5, 0.6) is 0 Å². The molecular formula is C20H19FN2O2S. The van der Waals surface area contributed by atoms with E-state index in [0.29, 0.717) is 12.1 Å². The molecule has 1 aromatic heterocycles. The molecule has 0 N–H and O–H groups in total. The number of nitrogens with zero attached hydrogens (tertiary/aromatic N) is 2. The van der Waals surface area contributed by atoms with E-state index in [4.69, 9.17) is 0 Å². The molecule has 0 radical (unpaired) electrons. The Hall–Kier alpha value is -2.73. The summed E-state index contributed by atoms with van der Waals surface area (Å²) in [6.45, 7) is 0.149. The molecule has 0 saturated carbocycles. The summed E-state index contributed by atoms with van der Waals surface area (Å²) >= 11 is 0. The Morgan fingerprint density at radius 2 is 1.58 bits per heavy atom. The van der Waals surface area contributed by atoms with Crippen LogP contribution >= 0.6 is 0 Å². The van der Waals surface area contributed by atoms with Gasteiger partial charge in [-0.3, -0.25) is 9.29 Å². The minimum Gasteiger partial charge on any atom is -0.266 e. The van der Waals surface area contributed by atoms with Crippen molar-refractivity contribution in [2.24, 2.45) is 0 Å². The predicted octanol–water partition coefficient (Wildman–Crippen LogP) is 3.80. The first-order chi connectivity index (χ1) is 12.5. The van der Waals surface area contributed by atoms with Crippen LogP contribution in [0.2, 0.25) is 0 Å². The van der Waals surface area contributed by atoms with Gasteiger partial charge in [0.1, 0.15) is 5.82 Å². The standard InChI is InChI=1S/C20H19FN2O2S/c21-19-8-10-20(11-9-19)23(16-18-7-4-13-22-15-18)26(24,25)14-12-17-5-2-1-3-6-17/h1-11,13,15H,12,14,16H2. The molecule has 0 saturated heterocycles. The molecule has 0 fully saturated rings. The molecule has 134 valence electrons. The SMILES string of the molecule is O=S(=O)(CCc1ccccc1)N(Cc1cccnc1)c1ccc(F)cc1. The van der Waals surface area contributed by atoms with E-state index >= 15 is 0 Å². The average molecular weight is 370 g/mol. The number of benzene rings is 2. The van der Waals surface area contributed by atoms with Crippen molar-refractivity contribution in [2.45, 2.75) is 13.0 Å². The Morgan fingerprint density at radius 1 is 0.885 bits per heavy atom. The topological polar surface area (TPSA) is 50.3 Å². The lowest BCUT2D eigenvalue weighted by molar-refractivity contribution is 0.589. The van der Waals surface area contributed by atoms with Crippen LogP contribution in [0.3, 0.4) is 0 Å². The summed E-state index contributed by atoms with van der Waals surface area (Å²) in [5.41, 5.74) is 2.15. The molecule has 0 spiro atoms. The van der Waals surface area contributed by atoms with E-state index in [1.807, 2.05) is 36.4 Å². The van der Waals surface area contributed by atoms with E-state index in [2.05, 4.69) is 4.98 Å². The Balaban J connectivity index is 1.86. The molecule has 0 aliphatic carbocycles. The van der Waals surface area contributed by atoms with Gasteiger partial charge in [-0.15, -0.1) is 0 Å². The Kier molecular flexibility index (Phi) is 5.63. The fraction of sp³-hybridized carbons (Fsp3) is 0.150. The highest BCUT2D eigenvalue weighted by molar-refractivity contribution is 7.92. The summed E-state index contributed by atoms with van der Waals surface area (Å²) in [7, 11) is -3.60. The van der Waals surface area contributed by atoms with E-state index in [-0.39, 0.29) is 12.3 Å². The minimum atomic E-state index is -3.60. The number of rotatable bonds is 7. The van der Waals surface area contributed by atoms with Crippen molar-refractivity contribution in [3.8, 4) is 0 Å². The number of anilines is 1. The third-order valence-electron chi connectivity index (χ3n) is 3.99. The quantitative estimate of drug-likeness (QED) is 0.636. The van der Waals surface area contributed by atoms with Crippen molar-refractivity contribution in [2.75, 3.05) is 10.1 Å². The Morgan fingerprint density at radius 3 is 2.23 bits per heavy atom. The molecule has 0 atom stereocenters. The number of aromatic nitrogens is 1. The van der Waals surface area contributed by atoms with Crippen LogP contribution in [0.25, 0.3) is 0 Å². The molecule has 0 unspecified atom stereocenters. The molecule has 26 heavy (non-hydrogen) atoms. The third-order valence-corrected chi connectivity index (χ3v) is 5.72. The normalized spacial score (nSPS) is 11.3. The van der Waals surface area contributed by atoms with Crippen molar-refractivity contribution >= 4 is 15.7 Å². The fourth-order valence-corrected chi connectivity index (χ4v) is 4.12. The molecule has 3 aromatic rings. The zero-order valence-corrected chi connectivity index (χ0v) is 14.9. The maximum atomic E-state index is 13.3. The van der Waals surface area contributed by atoms with Crippen LogP contribution in [0.4, 0.5) is 10.1 Å². The van der Waals surface area contributed by atoms with Gasteiger partial charge in [-0.25, -0.2) is 12.8 Å². The smallest absolute Gasteiger partial charge is 0.235 e. The van der Waals surface area contributed by atoms with Gasteiger partial charge in [0.15, 0.2) is 0 Å². The lowest BCUT2D eigenvalue weighted by Gasteiger charge is -2.24. The Labute approximate surface area is 153 Å². The highest BCUT2D eigenvalue weighted by Crippen LogP contribution is 2.22. The summed E-state index contributed by atoms with van der Waals surface area (Å²) in [6.07, 6.45) is 3.67. The fourth-order valence-electron chi connectivity index (χ4n) is 2.62. The molecule has 2 aromatic carbocycles. The van der Waals surface area contributed by atoms with Gasteiger partial charge < -0.3 is 0 Å². The molecule has 0 amide bonds. The van der Waals surface area contributed by atoms with Gasteiger partial charge in [-0.2, -0.15) is 0 Å². The molecular weight excluding hydrogens is 351 g/mol. The van der Waals surface area contributed by atoms with Gasteiger partial charge in [-0.1, -0.05) is 36.4 Å². The minimum absolute atomic E-state index is 0.0331. The van der Waals surface area contributed by atoms with Crippen molar-refractivity contribution in [3.05, 3.63) is 96.1 Å². The second-order valence-corrected chi connectivity index (χ2v) is 7.91. The van der Waals surface area contributed by atoms with E-state index in [9.17, 15) is 12.8 Å². The number of sulfonamides is 1. The number of hydrogen-bond donors (Lipinski definition) is 0. The van der Waals surface area contributed by atoms with Crippen LogP contribution in [-0.4, -0.2) is 19.2 Å². The van der Waals surface area contributed by atoms with E-state index in [0.717, 1.165) is 11.1 Å². The zero-order valence-electron chi connectivity index (χ0n) is 14.1. The van der Waals surface area contributed by atoms with Crippen molar-refractivity contribution in [3.63, 3.8) is 0 Å². The lowest BCUT2D eigenvalue weighted by atomic mass is 10.2. The van der Waals surface area contributed by atoms with Crippen LogP contribution in [-0.2, 0) is 23.0 Å². The number of hydrogen-bond acceptors (Lipinski definition) is 3. The summed E-state index contributed by atoms with van der Waals surface area (Å²) in [6, 6.07) is 18.5. The largest absolute Gasteiger partial charge is 0.266 e. The van der Waals surface area contributed by atoms with Gasteiger partial charge >= 0.3 is 0 Å². The van der Waals surface area contributed by atoms with Crippen LogP contribution in [0, 0.1) is 5.82 Å². The lowest BCUT2D eigenvalue weighted by Crippen LogP contribution is -2.33. The van der Waals surface area contributed by atoms with Gasteiger partial charge in [0.25, 0.3) is 0 Å². The monoisotopic (exact) mass is 370 g/mol. The maximum Gasteiger partial charge on any atom is 0.235 e. The molecule has 0 bridgehead atoms. The first-order valence-corrected chi connectivity index (χ1v) is 9.84. The van der Waals surface area contributed by atoms with E-state index < -0.39 is 15.8 Å². The third kappa shape index (κ3) is 4.67. The predicted molar refractivity (Wildman–Crippen MR) is 101 cm³/mol. The Bertz CT molecular complexity index is 931. The first-order valence-electron chi connectivity index (χ1n) is 8.23. The summed E-state index contributed by atoms with van der Waals surface area (Å²) in [5.74, 6) is -0.439. The second-order valence-electron chi connectivity index (χ2n) is 5.90. The number of aryl methyl sites for hydroxylation is 1. The highest BCUT2D eigenvalue weighted by Gasteiger charge is 2.23. The van der Waals surface area contributed by atoms with Gasteiger partial charge in [-0.05, 0) is 47.9 Å². The molecule has 0 aliphatic rings. The number of halogens is 1. The molecule has 0 aliphatic heterocycles. The average Bonchev–Trinajstić information content (AvgIpc) is 2.67. The number of pyridine rings is 1. The molecule has 1 heterocycles. The van der Waals surface area contributed by atoms with E-state index in [1.54, 1.807) is 18.5 Å². The van der Waals surface area contributed by atoms with Gasteiger partial charge in [0.2, 0.25) is 10.0 Å². The van der Waals surface area contributed by atoms with Crippen LogP contribution in [0.15, 0.2) is 79.1 Å². The summed E-state index contributed by atoms with van der Waals surface area (Å²) in [4.78, 5) is 4.04. The van der Waals surface area contributed by atoms with Crippen LogP contribution in [0.1, 0.15) is 11.1 Å². The van der Waals surface area contributed by atoms with Crippen molar-refractivity contribution < 1.29 is 12.8 Å². The van der Waals surface area contributed by atoms with Crippen molar-refractivity contribution in [1.82, 2.24) is 4.98 Å². The van der Waals surface area contributed by atoms with Crippen molar-refractivity contribution in [1.29, 1.82) is 0 Å². The van der Waals surface area contributed by atoms with E-state index in [1.165, 1.54) is 28.6 Å². The highest BCUT2D eigenvalue weighted by atomic mass is 32.2. The summed E-state index contributed by atoms with van der Waals surface area (Å²) in [5, 5.41) is 0. The van der Waals surface area contributed by atoms with Gasteiger partial charge in [0, 0.05) is 12.4 Å².